The summed E-state index contributed by atoms with van der Waals surface area (Å²) in [5.41, 5.74) is 0.743. The Balaban J connectivity index is 2.50. The second kappa shape index (κ2) is 2.42. The first-order chi connectivity index (χ1) is 3.93. The van der Waals surface area contributed by atoms with Crippen molar-refractivity contribution in [3.8, 4) is 0 Å². The highest BCUT2D eigenvalue weighted by atomic mass is 16.3. The van der Waals surface area contributed by atoms with Crippen LogP contribution in [0.4, 0.5) is 0 Å². The van der Waals surface area contributed by atoms with Crippen molar-refractivity contribution in [1.82, 2.24) is 15.4 Å². The third-order valence-corrected chi connectivity index (χ3v) is 0.782. The van der Waals surface area contributed by atoms with Gasteiger partial charge in [0, 0.05) is 13.0 Å². The van der Waals surface area contributed by atoms with E-state index in [1.807, 2.05) is 0 Å². The van der Waals surface area contributed by atoms with Gasteiger partial charge in [0.1, 0.15) is 6.20 Å². The van der Waals surface area contributed by atoms with Crippen LogP contribution < -0.4 is 0 Å². The summed E-state index contributed by atoms with van der Waals surface area (Å²) in [6.45, 7) is 0.111. The zero-order valence-electron chi connectivity index (χ0n) is 4.26. The Morgan fingerprint density at radius 1 is 1.75 bits per heavy atom. The zero-order chi connectivity index (χ0) is 5.82. The Labute approximate surface area is 46.5 Å². The molecular formula is C4H6N3O. The molecule has 0 amide bonds. The number of rotatable bonds is 2. The molecule has 1 aromatic heterocycles. The van der Waals surface area contributed by atoms with E-state index in [1.165, 1.54) is 0 Å². The molecule has 8 heavy (non-hydrogen) atoms. The normalized spacial score (nSPS) is 9.62. The Morgan fingerprint density at radius 3 is 3.12 bits per heavy atom. The molecule has 4 nitrogen and oxygen atoms in total. The van der Waals surface area contributed by atoms with E-state index in [4.69, 9.17) is 5.11 Å². The van der Waals surface area contributed by atoms with E-state index >= 15 is 0 Å². The third-order valence-electron chi connectivity index (χ3n) is 0.782. The van der Waals surface area contributed by atoms with Gasteiger partial charge in [0.05, 0.1) is 5.69 Å². The van der Waals surface area contributed by atoms with E-state index in [2.05, 4.69) is 21.6 Å². The average Bonchev–Trinajstić information content (AvgIpc) is 2.19. The molecule has 2 N–H and O–H groups in total. The highest BCUT2D eigenvalue weighted by Crippen LogP contribution is 1.85. The Morgan fingerprint density at radius 2 is 2.62 bits per heavy atom. The van der Waals surface area contributed by atoms with E-state index in [9.17, 15) is 0 Å². The molecule has 0 unspecified atom stereocenters. The van der Waals surface area contributed by atoms with Gasteiger partial charge >= 0.3 is 0 Å². The first-order valence-corrected chi connectivity index (χ1v) is 2.32. The van der Waals surface area contributed by atoms with Crippen molar-refractivity contribution in [3.63, 3.8) is 0 Å². The molecule has 0 bridgehead atoms. The fraction of sp³-hybridized carbons (Fsp3) is 0.500. The fourth-order valence-electron chi connectivity index (χ4n) is 0.419. The van der Waals surface area contributed by atoms with Gasteiger partial charge in [-0.05, 0) is 0 Å². The van der Waals surface area contributed by atoms with Gasteiger partial charge in [0.25, 0.3) is 0 Å². The van der Waals surface area contributed by atoms with Crippen molar-refractivity contribution in [2.45, 2.75) is 6.42 Å². The minimum atomic E-state index is 0.111. The summed E-state index contributed by atoms with van der Waals surface area (Å²) in [6.07, 6.45) is 3.11. The number of hydrogen-bond acceptors (Lipinski definition) is 3. The monoisotopic (exact) mass is 112 g/mol. The van der Waals surface area contributed by atoms with Gasteiger partial charge in [-0.15, -0.1) is 5.10 Å². The van der Waals surface area contributed by atoms with Crippen LogP contribution in [0, 0.1) is 6.20 Å². The molecule has 0 spiro atoms. The predicted molar refractivity (Wildman–Crippen MR) is 26.0 cm³/mol. The molecule has 0 aliphatic carbocycles. The van der Waals surface area contributed by atoms with Crippen molar-refractivity contribution < 1.29 is 5.11 Å². The van der Waals surface area contributed by atoms with Crippen molar-refractivity contribution in [2.24, 2.45) is 0 Å². The summed E-state index contributed by atoms with van der Waals surface area (Å²) in [6, 6.07) is 0. The van der Waals surface area contributed by atoms with E-state index in [1.54, 1.807) is 0 Å². The number of nitrogens with one attached hydrogen (secondary N) is 1. The summed E-state index contributed by atoms with van der Waals surface area (Å²) < 4.78 is 0. The van der Waals surface area contributed by atoms with E-state index < -0.39 is 0 Å². The van der Waals surface area contributed by atoms with Crippen LogP contribution in [-0.2, 0) is 6.42 Å². The van der Waals surface area contributed by atoms with Crippen LogP contribution in [0.3, 0.4) is 0 Å². The molecule has 0 fully saturated rings. The van der Waals surface area contributed by atoms with Crippen LogP contribution >= 0.6 is 0 Å². The molecule has 0 atom stereocenters. The maximum atomic E-state index is 8.34. The molecule has 0 aliphatic heterocycles. The van der Waals surface area contributed by atoms with Crippen molar-refractivity contribution in [1.29, 1.82) is 0 Å². The lowest BCUT2D eigenvalue weighted by atomic mass is 10.4. The number of hydrogen-bond donors (Lipinski definition) is 2. The maximum absolute atomic E-state index is 8.34. The maximum Gasteiger partial charge on any atom is 0.138 e. The highest BCUT2D eigenvalue weighted by molar-refractivity contribution is 4.87. The van der Waals surface area contributed by atoms with Crippen LogP contribution in [0.2, 0.25) is 0 Å². The predicted octanol–water partition coefficient (Wildman–Crippen LogP) is -0.860. The molecule has 1 aromatic rings. The molecule has 0 aromatic carbocycles. The summed E-state index contributed by atoms with van der Waals surface area (Å²) in [4.78, 5) is 0. The number of H-pyrrole nitrogens is 1. The van der Waals surface area contributed by atoms with Crippen LogP contribution in [0.1, 0.15) is 5.69 Å². The summed E-state index contributed by atoms with van der Waals surface area (Å²) in [5, 5.41) is 17.7. The lowest BCUT2D eigenvalue weighted by Crippen LogP contribution is -1.89. The van der Waals surface area contributed by atoms with E-state index in [-0.39, 0.29) is 6.61 Å². The summed E-state index contributed by atoms with van der Waals surface area (Å²) in [5.74, 6) is 0. The second-order valence-electron chi connectivity index (χ2n) is 1.38. The zero-order valence-corrected chi connectivity index (χ0v) is 4.26. The van der Waals surface area contributed by atoms with Crippen LogP contribution in [-0.4, -0.2) is 27.1 Å². The van der Waals surface area contributed by atoms with Gasteiger partial charge in [-0.25, -0.2) is 0 Å². The number of aromatic nitrogens is 3. The van der Waals surface area contributed by atoms with Crippen LogP contribution in [0.5, 0.6) is 0 Å². The van der Waals surface area contributed by atoms with E-state index in [0.717, 1.165) is 5.69 Å². The SMILES string of the molecule is OCCc1[c]nn[nH]1. The van der Waals surface area contributed by atoms with Gasteiger partial charge in [-0.1, -0.05) is 5.21 Å². The standard InChI is InChI=1S/C4H6N3O/c8-2-1-4-3-5-7-6-4/h8H,1-2H2,(H,5,6,7). The summed E-state index contributed by atoms with van der Waals surface area (Å²) >= 11 is 0. The summed E-state index contributed by atoms with van der Waals surface area (Å²) in [7, 11) is 0. The quantitative estimate of drug-likeness (QED) is 0.523. The molecule has 0 aliphatic rings. The van der Waals surface area contributed by atoms with E-state index in [0.29, 0.717) is 6.42 Å². The van der Waals surface area contributed by atoms with Gasteiger partial charge in [-0.2, -0.15) is 0 Å². The van der Waals surface area contributed by atoms with Crippen molar-refractivity contribution >= 4 is 0 Å². The topological polar surface area (TPSA) is 61.8 Å². The largest absolute Gasteiger partial charge is 0.396 e. The molecule has 43 valence electrons. The van der Waals surface area contributed by atoms with Crippen molar-refractivity contribution in [3.05, 3.63) is 11.9 Å². The fourth-order valence-corrected chi connectivity index (χ4v) is 0.419. The first-order valence-electron chi connectivity index (χ1n) is 2.32. The highest BCUT2D eigenvalue weighted by Gasteiger charge is 1.90. The first kappa shape index (κ1) is 5.24. The van der Waals surface area contributed by atoms with Crippen LogP contribution in [0.25, 0.3) is 0 Å². The number of aromatic amines is 1. The lowest BCUT2D eigenvalue weighted by Gasteiger charge is -1.83. The van der Waals surface area contributed by atoms with Crippen molar-refractivity contribution in [2.75, 3.05) is 6.61 Å². The molecule has 0 saturated carbocycles. The molecule has 1 rings (SSSR count). The smallest absolute Gasteiger partial charge is 0.138 e. The number of aliphatic hydroxyl groups is 1. The minimum absolute atomic E-state index is 0.111. The second-order valence-corrected chi connectivity index (χ2v) is 1.38. The van der Waals surface area contributed by atoms with Gasteiger partial charge < -0.3 is 5.11 Å². The van der Waals surface area contributed by atoms with Gasteiger partial charge in [0.2, 0.25) is 0 Å². The number of aliphatic hydroxyl groups excluding tert-OH is 1. The average molecular weight is 112 g/mol. The lowest BCUT2D eigenvalue weighted by molar-refractivity contribution is 0.298. The number of nitrogens with zero attached hydrogens (tertiary/aromatic N) is 2. The molecule has 0 saturated heterocycles. The Kier molecular flexibility index (Phi) is 1.58. The Bertz CT molecular complexity index is 137. The van der Waals surface area contributed by atoms with Crippen LogP contribution in [0.15, 0.2) is 0 Å². The minimum Gasteiger partial charge on any atom is -0.396 e. The van der Waals surface area contributed by atoms with Gasteiger partial charge in [-0.3, -0.25) is 5.10 Å². The molecular weight excluding hydrogens is 106 g/mol. The molecule has 1 radical (unpaired) electrons. The third kappa shape index (κ3) is 1.04. The van der Waals surface area contributed by atoms with Gasteiger partial charge in [0.15, 0.2) is 0 Å². The Hall–Kier alpha value is -0.900. The molecule has 4 heteroatoms. The molecule has 1 heterocycles.